The average molecular weight is 323 g/mol. The van der Waals surface area contributed by atoms with Crippen LogP contribution in [0.1, 0.15) is 23.5 Å². The van der Waals surface area contributed by atoms with Crippen molar-refractivity contribution in [3.8, 4) is 11.1 Å². The standard InChI is InChI=1S/C13H11F6N3/c1-5-11(6(2)22(21-5)12(15)16)7-3-9(14)8(4-10(7)20)13(17,18)19/h3-4,12H,20H2,1-2H3. The highest BCUT2D eigenvalue weighted by molar-refractivity contribution is 5.80. The van der Waals surface area contributed by atoms with E-state index in [-0.39, 0.29) is 28.2 Å². The zero-order valence-corrected chi connectivity index (χ0v) is 11.5. The van der Waals surface area contributed by atoms with E-state index in [9.17, 15) is 26.3 Å². The van der Waals surface area contributed by atoms with Gasteiger partial charge in [-0.2, -0.15) is 27.1 Å². The second-order valence-corrected chi connectivity index (χ2v) is 4.69. The summed E-state index contributed by atoms with van der Waals surface area (Å²) in [5.41, 5.74) is 3.76. The highest BCUT2D eigenvalue weighted by Crippen LogP contribution is 2.39. The molecule has 0 spiro atoms. The summed E-state index contributed by atoms with van der Waals surface area (Å²) in [6.07, 6.45) is -4.89. The van der Waals surface area contributed by atoms with Crippen molar-refractivity contribution in [2.24, 2.45) is 0 Å². The number of benzene rings is 1. The average Bonchev–Trinajstić information content (AvgIpc) is 2.66. The third kappa shape index (κ3) is 2.62. The fourth-order valence-electron chi connectivity index (χ4n) is 2.27. The molecule has 0 amide bonds. The summed E-state index contributed by atoms with van der Waals surface area (Å²) in [5, 5.41) is 3.59. The number of hydrogen-bond acceptors (Lipinski definition) is 2. The predicted octanol–water partition coefficient (Wildman–Crippen LogP) is 4.30. The van der Waals surface area contributed by atoms with E-state index in [4.69, 9.17) is 5.73 Å². The molecule has 0 aliphatic rings. The number of nitrogen functional groups attached to an aromatic ring is 1. The van der Waals surface area contributed by atoms with Gasteiger partial charge in [-0.05, 0) is 26.0 Å². The summed E-state index contributed by atoms with van der Waals surface area (Å²) in [4.78, 5) is 0. The largest absolute Gasteiger partial charge is 0.419 e. The zero-order valence-electron chi connectivity index (χ0n) is 11.5. The number of nitrogens with zero attached hydrogens (tertiary/aromatic N) is 2. The van der Waals surface area contributed by atoms with Crippen LogP contribution in [-0.4, -0.2) is 9.78 Å². The Balaban J connectivity index is 2.68. The number of aromatic nitrogens is 2. The molecule has 0 saturated carbocycles. The zero-order chi connectivity index (χ0) is 16.8. The van der Waals surface area contributed by atoms with Gasteiger partial charge in [0.25, 0.3) is 0 Å². The second kappa shape index (κ2) is 5.22. The van der Waals surface area contributed by atoms with Gasteiger partial charge in [0.1, 0.15) is 5.82 Å². The third-order valence-corrected chi connectivity index (χ3v) is 3.22. The molecule has 0 unspecified atom stereocenters. The number of aryl methyl sites for hydroxylation is 1. The first-order valence-electron chi connectivity index (χ1n) is 6.04. The van der Waals surface area contributed by atoms with Gasteiger partial charge in [0.15, 0.2) is 0 Å². The lowest BCUT2D eigenvalue weighted by molar-refractivity contribution is -0.139. The van der Waals surface area contributed by atoms with E-state index in [0.717, 1.165) is 0 Å². The van der Waals surface area contributed by atoms with Crippen LogP contribution in [0.5, 0.6) is 0 Å². The number of anilines is 1. The quantitative estimate of drug-likeness (QED) is 0.661. The lowest BCUT2D eigenvalue weighted by Gasteiger charge is -2.13. The molecule has 0 radical (unpaired) electrons. The number of hydrogen-bond donors (Lipinski definition) is 1. The van der Waals surface area contributed by atoms with Crippen molar-refractivity contribution in [2.45, 2.75) is 26.6 Å². The number of nitrogens with two attached hydrogens (primary N) is 1. The van der Waals surface area contributed by atoms with Crippen molar-refractivity contribution >= 4 is 5.69 Å². The topological polar surface area (TPSA) is 43.8 Å². The molecule has 2 N–H and O–H groups in total. The van der Waals surface area contributed by atoms with Crippen LogP contribution >= 0.6 is 0 Å². The van der Waals surface area contributed by atoms with Gasteiger partial charge >= 0.3 is 12.7 Å². The van der Waals surface area contributed by atoms with Crippen LogP contribution in [0.2, 0.25) is 0 Å². The first-order chi connectivity index (χ1) is 10.0. The van der Waals surface area contributed by atoms with E-state index in [0.29, 0.717) is 16.8 Å². The molecule has 120 valence electrons. The minimum atomic E-state index is -4.89. The van der Waals surface area contributed by atoms with Crippen LogP contribution in [0.3, 0.4) is 0 Å². The minimum Gasteiger partial charge on any atom is -0.398 e. The van der Waals surface area contributed by atoms with Crippen molar-refractivity contribution in [2.75, 3.05) is 5.73 Å². The van der Waals surface area contributed by atoms with E-state index in [1.165, 1.54) is 13.8 Å². The first-order valence-corrected chi connectivity index (χ1v) is 6.04. The summed E-state index contributed by atoms with van der Waals surface area (Å²) < 4.78 is 77.5. The maximum Gasteiger partial charge on any atom is 0.419 e. The van der Waals surface area contributed by atoms with E-state index in [1.54, 1.807) is 0 Å². The molecule has 0 fully saturated rings. The second-order valence-electron chi connectivity index (χ2n) is 4.69. The minimum absolute atomic E-state index is 0.0154. The normalized spacial score (nSPS) is 12.2. The van der Waals surface area contributed by atoms with E-state index in [1.807, 2.05) is 0 Å². The summed E-state index contributed by atoms with van der Waals surface area (Å²) in [5.74, 6) is -1.53. The van der Waals surface area contributed by atoms with E-state index in [2.05, 4.69) is 5.10 Å². The van der Waals surface area contributed by atoms with Crippen LogP contribution in [-0.2, 0) is 6.18 Å². The molecule has 0 atom stereocenters. The Morgan fingerprint density at radius 1 is 1.18 bits per heavy atom. The Labute approximate surface area is 121 Å². The summed E-state index contributed by atoms with van der Waals surface area (Å²) in [6.45, 7) is -0.236. The van der Waals surface area contributed by atoms with Crippen LogP contribution in [0.25, 0.3) is 11.1 Å². The third-order valence-electron chi connectivity index (χ3n) is 3.22. The van der Waals surface area contributed by atoms with Crippen molar-refractivity contribution in [3.05, 3.63) is 34.9 Å². The van der Waals surface area contributed by atoms with Crippen molar-refractivity contribution in [1.29, 1.82) is 0 Å². The Morgan fingerprint density at radius 2 is 1.77 bits per heavy atom. The molecular weight excluding hydrogens is 312 g/mol. The summed E-state index contributed by atoms with van der Waals surface area (Å²) in [7, 11) is 0. The van der Waals surface area contributed by atoms with Crippen LogP contribution in [0, 0.1) is 19.7 Å². The Morgan fingerprint density at radius 3 is 2.23 bits per heavy atom. The number of halogens is 6. The summed E-state index contributed by atoms with van der Waals surface area (Å²) in [6, 6.07) is 1.04. The molecule has 0 saturated heterocycles. The smallest absolute Gasteiger partial charge is 0.398 e. The Kier molecular flexibility index (Phi) is 3.84. The molecule has 22 heavy (non-hydrogen) atoms. The van der Waals surface area contributed by atoms with Gasteiger partial charge in [-0.3, -0.25) is 0 Å². The fraction of sp³-hybridized carbons (Fsp3) is 0.308. The highest BCUT2D eigenvalue weighted by Gasteiger charge is 2.35. The van der Waals surface area contributed by atoms with Gasteiger partial charge in [0.2, 0.25) is 0 Å². The van der Waals surface area contributed by atoms with Gasteiger partial charge in [-0.15, -0.1) is 0 Å². The van der Waals surface area contributed by atoms with E-state index >= 15 is 0 Å². The van der Waals surface area contributed by atoms with Gasteiger partial charge < -0.3 is 5.73 Å². The van der Waals surface area contributed by atoms with Crippen LogP contribution in [0.4, 0.5) is 32.0 Å². The predicted molar refractivity (Wildman–Crippen MR) is 67.8 cm³/mol. The van der Waals surface area contributed by atoms with Gasteiger partial charge in [-0.25, -0.2) is 9.07 Å². The molecule has 0 aliphatic heterocycles. The van der Waals surface area contributed by atoms with E-state index < -0.39 is 24.1 Å². The SMILES string of the molecule is Cc1nn(C(F)F)c(C)c1-c1cc(F)c(C(F)(F)F)cc1N. The molecule has 2 rings (SSSR count). The highest BCUT2D eigenvalue weighted by atomic mass is 19.4. The van der Waals surface area contributed by atoms with Gasteiger partial charge in [-0.1, -0.05) is 0 Å². The first kappa shape index (κ1) is 16.2. The van der Waals surface area contributed by atoms with Gasteiger partial charge in [0, 0.05) is 22.5 Å². The molecule has 0 bridgehead atoms. The molecule has 1 aromatic carbocycles. The lowest BCUT2D eigenvalue weighted by atomic mass is 9.99. The lowest BCUT2D eigenvalue weighted by Crippen LogP contribution is -2.10. The molecule has 9 heteroatoms. The molecule has 3 nitrogen and oxygen atoms in total. The van der Waals surface area contributed by atoms with Crippen LogP contribution < -0.4 is 5.73 Å². The number of rotatable bonds is 2. The molecule has 0 aliphatic carbocycles. The molecule has 1 heterocycles. The monoisotopic (exact) mass is 323 g/mol. The molecule has 1 aromatic heterocycles. The van der Waals surface area contributed by atoms with Crippen LogP contribution in [0.15, 0.2) is 12.1 Å². The molecule has 2 aromatic rings. The van der Waals surface area contributed by atoms with Crippen molar-refractivity contribution < 1.29 is 26.3 Å². The van der Waals surface area contributed by atoms with Gasteiger partial charge in [0.05, 0.1) is 11.3 Å². The maximum absolute atomic E-state index is 13.7. The summed E-state index contributed by atoms with van der Waals surface area (Å²) >= 11 is 0. The molecular formula is C13H11F6N3. The van der Waals surface area contributed by atoms with Crippen molar-refractivity contribution in [3.63, 3.8) is 0 Å². The number of alkyl halides is 5. The Hall–Kier alpha value is -2.19. The fourth-order valence-corrected chi connectivity index (χ4v) is 2.27. The maximum atomic E-state index is 13.7. The van der Waals surface area contributed by atoms with Crippen molar-refractivity contribution in [1.82, 2.24) is 9.78 Å². The Bertz CT molecular complexity index is 718.